The zero-order valence-electron chi connectivity index (χ0n) is 12.9. The van der Waals surface area contributed by atoms with Crippen LogP contribution in [0.5, 0.6) is 0 Å². The number of carbonyl (C=O) groups is 2. The van der Waals surface area contributed by atoms with Crippen molar-refractivity contribution in [1.82, 2.24) is 4.90 Å². The van der Waals surface area contributed by atoms with Crippen LogP contribution >= 0.6 is 0 Å². The van der Waals surface area contributed by atoms with Gasteiger partial charge in [0.2, 0.25) is 0 Å². The molecular weight excluding hydrogens is 337 g/mol. The van der Waals surface area contributed by atoms with Crippen LogP contribution in [-0.4, -0.2) is 34.6 Å². The Balaban J connectivity index is 2.57. The van der Waals surface area contributed by atoms with E-state index >= 15 is 0 Å². The highest BCUT2D eigenvalue weighted by atomic mass is 19.4. The molecule has 0 saturated heterocycles. The van der Waals surface area contributed by atoms with Gasteiger partial charge in [-0.05, 0) is 32.4 Å². The minimum absolute atomic E-state index is 0.163. The summed E-state index contributed by atoms with van der Waals surface area (Å²) in [6, 6.07) is 1.75. The standard InChI is InChI=1S/C15H14F5NO3/c1-13(2,3)24-12(23)21-10(14(16,17)15(18,19)20)8-6-4-5-7-9(8)11(21)22/h4-7,10H,1-3H3/t10-/m0/s1. The number of benzene rings is 1. The number of hydrogen-bond donors (Lipinski definition) is 0. The molecule has 0 saturated carbocycles. The summed E-state index contributed by atoms with van der Waals surface area (Å²) >= 11 is 0. The molecule has 24 heavy (non-hydrogen) atoms. The fourth-order valence-corrected chi connectivity index (χ4v) is 2.33. The van der Waals surface area contributed by atoms with Gasteiger partial charge in [0, 0.05) is 5.56 Å². The summed E-state index contributed by atoms with van der Waals surface area (Å²) in [6.07, 6.45) is -7.51. The van der Waals surface area contributed by atoms with Gasteiger partial charge in [0.05, 0.1) is 0 Å². The van der Waals surface area contributed by atoms with Crippen molar-refractivity contribution < 1.29 is 36.3 Å². The van der Waals surface area contributed by atoms with Gasteiger partial charge in [-0.1, -0.05) is 18.2 Å². The second-order valence-corrected chi connectivity index (χ2v) is 6.27. The Hall–Kier alpha value is -2.19. The molecule has 0 radical (unpaired) electrons. The Morgan fingerprint density at radius 1 is 1.08 bits per heavy atom. The molecule has 0 aliphatic carbocycles. The van der Waals surface area contributed by atoms with Gasteiger partial charge in [-0.25, -0.2) is 9.69 Å². The fraction of sp³-hybridized carbons (Fsp3) is 0.467. The van der Waals surface area contributed by atoms with Gasteiger partial charge in [0.15, 0.2) is 0 Å². The Morgan fingerprint density at radius 3 is 2.12 bits per heavy atom. The number of halogens is 5. The third-order valence-electron chi connectivity index (χ3n) is 3.27. The second kappa shape index (κ2) is 5.42. The molecule has 2 rings (SSSR count). The van der Waals surface area contributed by atoms with E-state index in [4.69, 9.17) is 4.74 Å². The van der Waals surface area contributed by atoms with Gasteiger partial charge in [0.1, 0.15) is 11.6 Å². The van der Waals surface area contributed by atoms with E-state index < -0.39 is 46.9 Å². The number of fused-ring (bicyclic) bond motifs is 1. The molecule has 1 aromatic carbocycles. The number of ether oxygens (including phenoxy) is 1. The first kappa shape index (κ1) is 18.2. The topological polar surface area (TPSA) is 46.6 Å². The maximum atomic E-state index is 14.0. The van der Waals surface area contributed by atoms with Crippen molar-refractivity contribution in [3.63, 3.8) is 0 Å². The molecule has 1 aromatic rings. The average molecular weight is 351 g/mol. The third-order valence-corrected chi connectivity index (χ3v) is 3.27. The molecule has 0 fully saturated rings. The molecule has 1 aliphatic rings. The Bertz CT molecular complexity index is 678. The first-order valence-corrected chi connectivity index (χ1v) is 6.87. The van der Waals surface area contributed by atoms with Crippen LogP contribution in [0.15, 0.2) is 24.3 Å². The maximum Gasteiger partial charge on any atom is 0.455 e. The molecule has 4 nitrogen and oxygen atoms in total. The van der Waals surface area contributed by atoms with Gasteiger partial charge >= 0.3 is 18.2 Å². The number of amides is 2. The first-order valence-electron chi connectivity index (χ1n) is 6.87. The first-order chi connectivity index (χ1) is 10.8. The molecule has 2 amide bonds. The van der Waals surface area contributed by atoms with Crippen molar-refractivity contribution in [2.24, 2.45) is 0 Å². The van der Waals surface area contributed by atoms with Crippen molar-refractivity contribution in [2.45, 2.75) is 44.5 Å². The number of alkyl halides is 5. The second-order valence-electron chi connectivity index (χ2n) is 6.27. The SMILES string of the molecule is CC(C)(C)OC(=O)N1C(=O)c2ccccc2[C@H]1C(F)(F)C(F)(F)F. The highest BCUT2D eigenvalue weighted by Crippen LogP contribution is 2.51. The Kier molecular flexibility index (Phi) is 4.10. The molecular formula is C15H14F5NO3. The average Bonchev–Trinajstić information content (AvgIpc) is 2.70. The Morgan fingerprint density at radius 2 is 1.62 bits per heavy atom. The molecule has 0 bridgehead atoms. The van der Waals surface area contributed by atoms with Crippen LogP contribution < -0.4 is 0 Å². The minimum atomic E-state index is -5.95. The zero-order valence-corrected chi connectivity index (χ0v) is 12.9. The summed E-state index contributed by atoms with van der Waals surface area (Å²) in [6.45, 7) is 4.19. The van der Waals surface area contributed by atoms with E-state index in [0.717, 1.165) is 12.1 Å². The zero-order chi connectivity index (χ0) is 18.5. The van der Waals surface area contributed by atoms with Crippen LogP contribution in [0.2, 0.25) is 0 Å². The van der Waals surface area contributed by atoms with E-state index in [9.17, 15) is 31.5 Å². The van der Waals surface area contributed by atoms with Crippen molar-refractivity contribution in [2.75, 3.05) is 0 Å². The lowest BCUT2D eigenvalue weighted by Gasteiger charge is -2.32. The number of rotatable bonds is 1. The molecule has 0 N–H and O–H groups in total. The quantitative estimate of drug-likeness (QED) is 0.708. The largest absolute Gasteiger partial charge is 0.455 e. The summed E-state index contributed by atoms with van der Waals surface area (Å²) in [7, 11) is 0. The predicted octanol–water partition coefficient (Wildman–Crippen LogP) is 4.32. The monoisotopic (exact) mass is 351 g/mol. The van der Waals surface area contributed by atoms with E-state index in [2.05, 4.69) is 0 Å². The lowest BCUT2D eigenvalue weighted by atomic mass is 9.99. The highest BCUT2D eigenvalue weighted by molar-refractivity contribution is 6.07. The van der Waals surface area contributed by atoms with Gasteiger partial charge < -0.3 is 4.74 Å². The summed E-state index contributed by atoms with van der Waals surface area (Å²) in [5, 5.41) is 0. The molecule has 9 heteroatoms. The van der Waals surface area contributed by atoms with Gasteiger partial charge in [-0.2, -0.15) is 22.0 Å². The molecule has 0 unspecified atom stereocenters. The molecule has 1 heterocycles. The number of carbonyl (C=O) groups excluding carboxylic acids is 2. The molecule has 0 aromatic heterocycles. The summed E-state index contributed by atoms with van der Waals surface area (Å²) in [5.74, 6) is -6.58. The maximum absolute atomic E-state index is 14.0. The molecule has 132 valence electrons. The van der Waals surface area contributed by atoms with Gasteiger partial charge in [0.25, 0.3) is 5.91 Å². The fourth-order valence-electron chi connectivity index (χ4n) is 2.33. The molecule has 1 atom stereocenters. The van der Waals surface area contributed by atoms with E-state index in [1.54, 1.807) is 0 Å². The van der Waals surface area contributed by atoms with Crippen molar-refractivity contribution in [3.8, 4) is 0 Å². The van der Waals surface area contributed by atoms with Crippen LogP contribution in [-0.2, 0) is 4.74 Å². The van der Waals surface area contributed by atoms with Crippen LogP contribution in [0.25, 0.3) is 0 Å². The van der Waals surface area contributed by atoms with E-state index in [-0.39, 0.29) is 4.90 Å². The van der Waals surface area contributed by atoms with E-state index in [1.807, 2.05) is 0 Å². The van der Waals surface area contributed by atoms with Gasteiger partial charge in [-0.15, -0.1) is 0 Å². The number of nitrogens with zero attached hydrogens (tertiary/aromatic N) is 1. The minimum Gasteiger partial charge on any atom is -0.443 e. The van der Waals surface area contributed by atoms with Crippen LogP contribution in [0.4, 0.5) is 26.7 Å². The lowest BCUT2D eigenvalue weighted by molar-refractivity contribution is -0.299. The summed E-state index contributed by atoms with van der Waals surface area (Å²) in [4.78, 5) is 24.2. The van der Waals surface area contributed by atoms with Crippen molar-refractivity contribution >= 4 is 12.0 Å². The molecule has 0 spiro atoms. The van der Waals surface area contributed by atoms with Crippen molar-refractivity contribution in [3.05, 3.63) is 35.4 Å². The Labute approximate surface area is 134 Å². The van der Waals surface area contributed by atoms with E-state index in [1.165, 1.54) is 32.9 Å². The van der Waals surface area contributed by atoms with Gasteiger partial charge in [-0.3, -0.25) is 4.79 Å². The van der Waals surface area contributed by atoms with Crippen molar-refractivity contribution in [1.29, 1.82) is 0 Å². The summed E-state index contributed by atoms with van der Waals surface area (Å²) in [5.41, 5.74) is -2.14. The summed E-state index contributed by atoms with van der Waals surface area (Å²) < 4.78 is 71.4. The number of imide groups is 1. The van der Waals surface area contributed by atoms with Crippen LogP contribution in [0, 0.1) is 0 Å². The number of hydrogen-bond acceptors (Lipinski definition) is 3. The normalized spacial score (nSPS) is 18.6. The highest BCUT2D eigenvalue weighted by Gasteiger charge is 2.68. The molecule has 1 aliphatic heterocycles. The smallest absolute Gasteiger partial charge is 0.443 e. The predicted molar refractivity (Wildman–Crippen MR) is 72.6 cm³/mol. The van der Waals surface area contributed by atoms with Crippen LogP contribution in [0.1, 0.15) is 42.7 Å². The van der Waals surface area contributed by atoms with Crippen LogP contribution in [0.3, 0.4) is 0 Å². The lowest BCUT2D eigenvalue weighted by Crippen LogP contribution is -2.51. The van der Waals surface area contributed by atoms with E-state index in [0.29, 0.717) is 0 Å². The third kappa shape index (κ3) is 2.94.